The molecule has 2 aromatic heterocycles. The maximum absolute atomic E-state index is 13.4. The van der Waals surface area contributed by atoms with Crippen LogP contribution >= 0.6 is 0 Å². The molecule has 0 unspecified atom stereocenters. The number of nitrogens with one attached hydrogen (secondary N) is 2. The first-order valence-corrected chi connectivity index (χ1v) is 8.54. The van der Waals surface area contributed by atoms with Gasteiger partial charge in [-0.15, -0.1) is 0 Å². The average molecular weight is 368 g/mol. The lowest BCUT2D eigenvalue weighted by Gasteiger charge is -2.31. The molecule has 140 valence electrons. The third-order valence-corrected chi connectivity index (χ3v) is 5.02. The highest BCUT2D eigenvalue weighted by molar-refractivity contribution is 5.92. The summed E-state index contributed by atoms with van der Waals surface area (Å²) >= 11 is 0. The van der Waals surface area contributed by atoms with E-state index in [0.29, 0.717) is 36.7 Å². The van der Waals surface area contributed by atoms with Crippen molar-refractivity contribution in [2.45, 2.75) is 43.9 Å². The minimum Gasteiger partial charge on any atom is -0.368 e. The van der Waals surface area contributed by atoms with Gasteiger partial charge in [-0.25, -0.2) is 4.68 Å². The fourth-order valence-corrected chi connectivity index (χ4v) is 3.71. The van der Waals surface area contributed by atoms with Gasteiger partial charge in [-0.3, -0.25) is 9.89 Å². The summed E-state index contributed by atoms with van der Waals surface area (Å²) < 4.78 is 41.1. The molecule has 1 fully saturated rings. The number of anilines is 1. The number of nitrogens with zero attached hydrogens (tertiary/aromatic N) is 4. The number of likely N-dealkylation sites (tertiary alicyclic amines) is 1. The van der Waals surface area contributed by atoms with Crippen LogP contribution in [-0.2, 0) is 0 Å². The SMILES string of the molecule is C[C@@H]1C[C@H](C(F)(F)F)n2nc([C@H]3CCN(C(=O)c4ccn[nH]4)C3)cc2N1. The number of halogens is 3. The Morgan fingerprint density at radius 1 is 1.38 bits per heavy atom. The molecule has 0 aromatic carbocycles. The van der Waals surface area contributed by atoms with E-state index < -0.39 is 12.2 Å². The first-order valence-electron chi connectivity index (χ1n) is 8.54. The van der Waals surface area contributed by atoms with Crippen LogP contribution in [0.25, 0.3) is 0 Å². The Morgan fingerprint density at radius 2 is 2.19 bits per heavy atom. The molecule has 0 spiro atoms. The smallest absolute Gasteiger partial charge is 0.368 e. The molecule has 2 aliphatic rings. The van der Waals surface area contributed by atoms with Crippen molar-refractivity contribution in [2.75, 3.05) is 18.4 Å². The summed E-state index contributed by atoms with van der Waals surface area (Å²) in [6, 6.07) is 1.39. The molecule has 2 N–H and O–H groups in total. The predicted molar refractivity (Wildman–Crippen MR) is 86.9 cm³/mol. The molecule has 0 saturated carbocycles. The van der Waals surface area contributed by atoms with Crippen molar-refractivity contribution in [2.24, 2.45) is 0 Å². The van der Waals surface area contributed by atoms with Crippen LogP contribution in [-0.4, -0.2) is 56.1 Å². The van der Waals surface area contributed by atoms with Crippen LogP contribution in [0, 0.1) is 0 Å². The number of hydrogen-bond donors (Lipinski definition) is 2. The van der Waals surface area contributed by atoms with E-state index >= 15 is 0 Å². The lowest BCUT2D eigenvalue weighted by atomic mass is 10.0. The molecule has 4 rings (SSSR count). The second-order valence-electron chi connectivity index (χ2n) is 6.94. The fraction of sp³-hybridized carbons (Fsp3) is 0.562. The highest BCUT2D eigenvalue weighted by Gasteiger charge is 2.46. The number of aromatic nitrogens is 4. The number of amides is 1. The van der Waals surface area contributed by atoms with E-state index in [2.05, 4.69) is 20.6 Å². The van der Waals surface area contributed by atoms with E-state index in [1.54, 1.807) is 24.0 Å². The van der Waals surface area contributed by atoms with E-state index in [1.165, 1.54) is 6.20 Å². The Balaban J connectivity index is 1.54. The van der Waals surface area contributed by atoms with Crippen LogP contribution in [0.3, 0.4) is 0 Å². The molecule has 7 nitrogen and oxygen atoms in total. The van der Waals surface area contributed by atoms with Crippen LogP contribution in [0.4, 0.5) is 19.0 Å². The molecule has 26 heavy (non-hydrogen) atoms. The fourth-order valence-electron chi connectivity index (χ4n) is 3.71. The maximum Gasteiger partial charge on any atom is 0.410 e. The standard InChI is InChI=1S/C16H19F3N6O/c1-9-6-13(16(17,18)19)25-14(21-9)7-12(23-25)10-3-5-24(8-10)15(26)11-2-4-20-22-11/h2,4,7,9-10,13,21H,3,5-6,8H2,1H3,(H,20,22)/t9-,10+,13-/m1/s1. The van der Waals surface area contributed by atoms with Crippen LogP contribution in [0.5, 0.6) is 0 Å². The number of fused-ring (bicyclic) bond motifs is 1. The Kier molecular flexibility index (Phi) is 3.92. The zero-order valence-electron chi connectivity index (χ0n) is 14.1. The first-order chi connectivity index (χ1) is 12.3. The van der Waals surface area contributed by atoms with Crippen LogP contribution < -0.4 is 5.32 Å². The summed E-state index contributed by atoms with van der Waals surface area (Å²) in [7, 11) is 0. The van der Waals surface area contributed by atoms with Gasteiger partial charge in [0.15, 0.2) is 6.04 Å². The number of rotatable bonds is 2. The maximum atomic E-state index is 13.4. The minimum atomic E-state index is -4.34. The van der Waals surface area contributed by atoms with Gasteiger partial charge in [0.05, 0.1) is 5.69 Å². The summed E-state index contributed by atoms with van der Waals surface area (Å²) in [5, 5.41) is 13.7. The molecular weight excluding hydrogens is 349 g/mol. The van der Waals surface area contributed by atoms with Crippen molar-refractivity contribution in [3.63, 3.8) is 0 Å². The number of carbonyl (C=O) groups is 1. The van der Waals surface area contributed by atoms with Gasteiger partial charge >= 0.3 is 6.18 Å². The van der Waals surface area contributed by atoms with Crippen molar-refractivity contribution in [3.8, 4) is 0 Å². The van der Waals surface area contributed by atoms with Gasteiger partial charge in [0.1, 0.15) is 11.5 Å². The summed E-state index contributed by atoms with van der Waals surface area (Å²) in [6.07, 6.45) is -2.21. The van der Waals surface area contributed by atoms with E-state index in [0.717, 1.165) is 4.68 Å². The lowest BCUT2D eigenvalue weighted by Crippen LogP contribution is -2.37. The molecular formula is C16H19F3N6O. The quantitative estimate of drug-likeness (QED) is 0.854. The second kappa shape index (κ2) is 6.03. The normalized spacial score (nSPS) is 25.8. The lowest BCUT2D eigenvalue weighted by molar-refractivity contribution is -0.173. The number of carbonyl (C=O) groups excluding carboxylic acids is 1. The summed E-state index contributed by atoms with van der Waals surface area (Å²) in [6.45, 7) is 2.70. The van der Waals surface area contributed by atoms with Gasteiger partial charge in [-0.05, 0) is 25.8 Å². The molecule has 4 heterocycles. The van der Waals surface area contributed by atoms with E-state index in [4.69, 9.17) is 0 Å². The number of alkyl halides is 3. The predicted octanol–water partition coefficient (Wildman–Crippen LogP) is 2.54. The first kappa shape index (κ1) is 16.9. The summed E-state index contributed by atoms with van der Waals surface area (Å²) in [4.78, 5) is 14.0. The van der Waals surface area contributed by atoms with Gasteiger partial charge < -0.3 is 10.2 Å². The van der Waals surface area contributed by atoms with Gasteiger partial charge in [-0.1, -0.05) is 0 Å². The largest absolute Gasteiger partial charge is 0.410 e. The number of aromatic amines is 1. The number of H-pyrrole nitrogens is 1. The highest BCUT2D eigenvalue weighted by Crippen LogP contribution is 2.40. The van der Waals surface area contributed by atoms with Crippen molar-refractivity contribution >= 4 is 11.7 Å². The molecule has 10 heteroatoms. The van der Waals surface area contributed by atoms with Crippen molar-refractivity contribution in [3.05, 3.63) is 29.7 Å². The third kappa shape index (κ3) is 2.93. The zero-order valence-corrected chi connectivity index (χ0v) is 14.1. The average Bonchev–Trinajstić information content (AvgIpc) is 3.31. The second-order valence-corrected chi connectivity index (χ2v) is 6.94. The number of hydrogen-bond acceptors (Lipinski definition) is 4. The Hall–Kier alpha value is -2.52. The molecule has 0 aliphatic carbocycles. The third-order valence-electron chi connectivity index (χ3n) is 5.02. The summed E-state index contributed by atoms with van der Waals surface area (Å²) in [5.74, 6) is 0.152. The molecule has 1 saturated heterocycles. The molecule has 2 aliphatic heterocycles. The van der Waals surface area contributed by atoms with Crippen LogP contribution in [0.15, 0.2) is 18.3 Å². The van der Waals surface area contributed by atoms with E-state index in [-0.39, 0.29) is 24.3 Å². The van der Waals surface area contributed by atoms with Gasteiger partial charge in [0.25, 0.3) is 5.91 Å². The van der Waals surface area contributed by atoms with E-state index in [9.17, 15) is 18.0 Å². The Labute approximate surface area is 147 Å². The van der Waals surface area contributed by atoms with Crippen LogP contribution in [0.2, 0.25) is 0 Å². The van der Waals surface area contributed by atoms with Crippen LogP contribution in [0.1, 0.15) is 47.9 Å². The Morgan fingerprint density at radius 3 is 2.88 bits per heavy atom. The summed E-state index contributed by atoms with van der Waals surface area (Å²) in [5.41, 5.74) is 0.998. The molecule has 1 amide bonds. The molecule has 2 aromatic rings. The molecule has 0 bridgehead atoms. The van der Waals surface area contributed by atoms with Gasteiger partial charge in [0, 0.05) is 37.3 Å². The Bertz CT molecular complexity index is 800. The highest BCUT2D eigenvalue weighted by atomic mass is 19.4. The van der Waals surface area contributed by atoms with Gasteiger partial charge in [-0.2, -0.15) is 23.4 Å². The van der Waals surface area contributed by atoms with Gasteiger partial charge in [0.2, 0.25) is 0 Å². The van der Waals surface area contributed by atoms with Crippen molar-refractivity contribution < 1.29 is 18.0 Å². The molecule has 3 atom stereocenters. The van der Waals surface area contributed by atoms with E-state index in [1.807, 2.05) is 0 Å². The minimum absolute atomic E-state index is 0.0489. The van der Waals surface area contributed by atoms with Crippen molar-refractivity contribution in [1.82, 2.24) is 24.9 Å². The zero-order chi connectivity index (χ0) is 18.5. The molecule has 0 radical (unpaired) electrons. The monoisotopic (exact) mass is 368 g/mol. The topological polar surface area (TPSA) is 78.8 Å². The van der Waals surface area contributed by atoms with Crippen molar-refractivity contribution in [1.29, 1.82) is 0 Å².